The molecule has 0 aromatic heterocycles. The van der Waals surface area contributed by atoms with Crippen molar-refractivity contribution in [3.8, 4) is 11.5 Å². The van der Waals surface area contributed by atoms with Crippen molar-refractivity contribution in [3.63, 3.8) is 0 Å². The van der Waals surface area contributed by atoms with Crippen molar-refractivity contribution in [2.24, 2.45) is 0 Å². The van der Waals surface area contributed by atoms with Crippen molar-refractivity contribution >= 4 is 0 Å². The topological polar surface area (TPSA) is 41.9 Å². The number of aliphatic hydroxyl groups excluding tert-OH is 1. The SMILES string of the molecule is O[C@H]1COCCN(Cc2cccc(Oc3cccc(C(F)(F)F)c3)c2)C1. The number of aliphatic hydroxyl groups is 1. The fourth-order valence-corrected chi connectivity index (χ4v) is 2.84. The number of halogens is 3. The summed E-state index contributed by atoms with van der Waals surface area (Å²) in [5.41, 5.74) is 0.202. The molecule has 0 bridgehead atoms. The van der Waals surface area contributed by atoms with Gasteiger partial charge in [-0.3, -0.25) is 4.90 Å². The van der Waals surface area contributed by atoms with Gasteiger partial charge in [0.25, 0.3) is 0 Å². The van der Waals surface area contributed by atoms with Crippen molar-refractivity contribution in [2.45, 2.75) is 18.8 Å². The van der Waals surface area contributed by atoms with Gasteiger partial charge in [-0.25, -0.2) is 0 Å². The molecule has 0 amide bonds. The van der Waals surface area contributed by atoms with E-state index >= 15 is 0 Å². The van der Waals surface area contributed by atoms with E-state index in [1.807, 2.05) is 6.07 Å². The van der Waals surface area contributed by atoms with Gasteiger partial charge in [0.15, 0.2) is 0 Å². The van der Waals surface area contributed by atoms with E-state index in [1.165, 1.54) is 12.1 Å². The second-order valence-corrected chi connectivity index (χ2v) is 6.24. The minimum absolute atomic E-state index is 0.135. The zero-order valence-corrected chi connectivity index (χ0v) is 14.1. The highest BCUT2D eigenvalue weighted by Gasteiger charge is 2.30. The number of ether oxygens (including phenoxy) is 2. The Bertz CT molecular complexity index is 736. The molecule has 4 nitrogen and oxygen atoms in total. The van der Waals surface area contributed by atoms with Crippen LogP contribution in [-0.2, 0) is 17.5 Å². The molecule has 0 radical (unpaired) electrons. The molecule has 1 aliphatic rings. The third-order valence-corrected chi connectivity index (χ3v) is 4.03. The van der Waals surface area contributed by atoms with Gasteiger partial charge in [0, 0.05) is 19.6 Å². The Morgan fingerprint density at radius 2 is 1.85 bits per heavy atom. The Morgan fingerprint density at radius 1 is 1.12 bits per heavy atom. The fourth-order valence-electron chi connectivity index (χ4n) is 2.84. The van der Waals surface area contributed by atoms with Gasteiger partial charge in [-0.1, -0.05) is 18.2 Å². The molecule has 1 heterocycles. The number of benzene rings is 2. The van der Waals surface area contributed by atoms with E-state index in [4.69, 9.17) is 9.47 Å². The fraction of sp³-hybridized carbons (Fsp3) is 0.368. The minimum Gasteiger partial charge on any atom is -0.457 e. The molecular weight excluding hydrogens is 347 g/mol. The third kappa shape index (κ3) is 5.20. The molecule has 0 saturated carbocycles. The molecule has 3 rings (SSSR count). The Balaban J connectivity index is 1.69. The van der Waals surface area contributed by atoms with Gasteiger partial charge in [-0.2, -0.15) is 13.2 Å². The van der Waals surface area contributed by atoms with E-state index in [1.54, 1.807) is 18.2 Å². The first-order valence-corrected chi connectivity index (χ1v) is 8.32. The summed E-state index contributed by atoms with van der Waals surface area (Å²) in [6, 6.07) is 12.0. The van der Waals surface area contributed by atoms with Crippen LogP contribution in [0.15, 0.2) is 48.5 Å². The predicted molar refractivity (Wildman–Crippen MR) is 90.1 cm³/mol. The Hall–Kier alpha value is -2.09. The largest absolute Gasteiger partial charge is 0.457 e. The summed E-state index contributed by atoms with van der Waals surface area (Å²) in [4.78, 5) is 2.07. The average Bonchev–Trinajstić information content (AvgIpc) is 2.78. The predicted octanol–water partition coefficient (Wildman–Crippen LogP) is 3.69. The molecular formula is C19H20F3NO3. The van der Waals surface area contributed by atoms with Gasteiger partial charge < -0.3 is 14.6 Å². The Kier molecular flexibility index (Phi) is 5.80. The normalized spacial score (nSPS) is 19.2. The minimum atomic E-state index is -4.41. The van der Waals surface area contributed by atoms with Gasteiger partial charge in [0.05, 0.1) is 24.9 Å². The Morgan fingerprint density at radius 3 is 2.62 bits per heavy atom. The molecule has 1 N–H and O–H groups in total. The number of hydrogen-bond acceptors (Lipinski definition) is 4. The van der Waals surface area contributed by atoms with E-state index in [2.05, 4.69) is 4.90 Å². The van der Waals surface area contributed by atoms with Gasteiger partial charge in [-0.15, -0.1) is 0 Å². The summed E-state index contributed by atoms with van der Waals surface area (Å²) in [7, 11) is 0. The number of alkyl halides is 3. The van der Waals surface area contributed by atoms with E-state index in [0.29, 0.717) is 38.6 Å². The van der Waals surface area contributed by atoms with E-state index in [9.17, 15) is 18.3 Å². The van der Waals surface area contributed by atoms with Crippen molar-refractivity contribution in [2.75, 3.05) is 26.3 Å². The third-order valence-electron chi connectivity index (χ3n) is 4.03. The van der Waals surface area contributed by atoms with Crippen molar-refractivity contribution in [1.82, 2.24) is 4.90 Å². The first kappa shape index (κ1) is 18.7. The molecule has 0 unspecified atom stereocenters. The second kappa shape index (κ2) is 8.07. The van der Waals surface area contributed by atoms with Crippen LogP contribution in [0.1, 0.15) is 11.1 Å². The summed E-state index contributed by atoms with van der Waals surface area (Å²) in [6.07, 6.45) is -4.93. The summed E-state index contributed by atoms with van der Waals surface area (Å²) in [5.74, 6) is 0.601. The van der Waals surface area contributed by atoms with Crippen molar-refractivity contribution in [3.05, 3.63) is 59.7 Å². The van der Waals surface area contributed by atoms with Crippen LogP contribution in [0.3, 0.4) is 0 Å². The van der Waals surface area contributed by atoms with Crippen LogP contribution in [0.25, 0.3) is 0 Å². The lowest BCUT2D eigenvalue weighted by molar-refractivity contribution is -0.137. The molecule has 0 spiro atoms. The van der Waals surface area contributed by atoms with Crippen molar-refractivity contribution in [1.29, 1.82) is 0 Å². The molecule has 0 aliphatic carbocycles. The highest BCUT2D eigenvalue weighted by molar-refractivity contribution is 5.36. The van der Waals surface area contributed by atoms with E-state index < -0.39 is 17.8 Å². The molecule has 1 atom stereocenters. The lowest BCUT2D eigenvalue weighted by Crippen LogP contribution is -2.32. The van der Waals surface area contributed by atoms with Crippen LogP contribution in [0, 0.1) is 0 Å². The lowest BCUT2D eigenvalue weighted by Gasteiger charge is -2.21. The zero-order valence-electron chi connectivity index (χ0n) is 14.1. The molecule has 2 aromatic rings. The molecule has 140 valence electrons. The van der Waals surface area contributed by atoms with E-state index in [0.717, 1.165) is 17.7 Å². The maximum atomic E-state index is 12.8. The van der Waals surface area contributed by atoms with Gasteiger partial charge in [0.1, 0.15) is 11.5 Å². The smallest absolute Gasteiger partial charge is 0.416 e. The molecule has 1 aliphatic heterocycles. The van der Waals surface area contributed by atoms with Gasteiger partial charge in [0.2, 0.25) is 0 Å². The van der Waals surface area contributed by atoms with Crippen LogP contribution >= 0.6 is 0 Å². The standard InChI is InChI=1S/C19H20F3NO3/c20-19(21,22)15-4-2-6-18(10-15)26-17-5-1-3-14(9-17)11-23-7-8-25-13-16(24)12-23/h1-6,9-10,16,24H,7-8,11-13H2/t16-/m1/s1. The molecule has 7 heteroatoms. The summed E-state index contributed by atoms with van der Waals surface area (Å²) in [6.45, 7) is 2.70. The molecule has 26 heavy (non-hydrogen) atoms. The quantitative estimate of drug-likeness (QED) is 0.895. The molecule has 2 aromatic carbocycles. The van der Waals surface area contributed by atoms with Gasteiger partial charge >= 0.3 is 6.18 Å². The molecule has 1 saturated heterocycles. The Labute approximate surface area is 149 Å². The van der Waals surface area contributed by atoms with Gasteiger partial charge in [-0.05, 0) is 35.9 Å². The first-order chi connectivity index (χ1) is 12.4. The highest BCUT2D eigenvalue weighted by Crippen LogP contribution is 2.32. The maximum Gasteiger partial charge on any atom is 0.416 e. The zero-order chi connectivity index (χ0) is 18.6. The van der Waals surface area contributed by atoms with Crippen LogP contribution in [-0.4, -0.2) is 42.4 Å². The first-order valence-electron chi connectivity index (χ1n) is 8.32. The lowest BCUT2D eigenvalue weighted by atomic mass is 10.2. The van der Waals surface area contributed by atoms with Crippen LogP contribution in [0.4, 0.5) is 13.2 Å². The number of nitrogens with zero attached hydrogens (tertiary/aromatic N) is 1. The average molecular weight is 367 g/mol. The van der Waals surface area contributed by atoms with Crippen LogP contribution < -0.4 is 4.74 Å². The summed E-state index contributed by atoms with van der Waals surface area (Å²) in [5, 5.41) is 9.80. The number of hydrogen-bond donors (Lipinski definition) is 1. The highest BCUT2D eigenvalue weighted by atomic mass is 19.4. The maximum absolute atomic E-state index is 12.8. The summed E-state index contributed by atoms with van der Waals surface area (Å²) < 4.78 is 49.3. The summed E-state index contributed by atoms with van der Waals surface area (Å²) >= 11 is 0. The van der Waals surface area contributed by atoms with Crippen LogP contribution in [0.5, 0.6) is 11.5 Å². The number of rotatable bonds is 4. The van der Waals surface area contributed by atoms with Crippen molar-refractivity contribution < 1.29 is 27.8 Å². The molecule has 1 fully saturated rings. The van der Waals surface area contributed by atoms with Crippen LogP contribution in [0.2, 0.25) is 0 Å². The second-order valence-electron chi connectivity index (χ2n) is 6.24. The number of β-amino-alcohol motifs (C(OH)–C–C–N with tert-alkyl or cyclic N) is 1. The van der Waals surface area contributed by atoms with E-state index in [-0.39, 0.29) is 5.75 Å². The monoisotopic (exact) mass is 367 g/mol.